The molecule has 134 valence electrons. The van der Waals surface area contributed by atoms with E-state index in [2.05, 4.69) is 79.7 Å². The van der Waals surface area contributed by atoms with Crippen LogP contribution in [0.2, 0.25) is 0 Å². The number of nitrogens with zero attached hydrogens (tertiary/aromatic N) is 1. The Balaban J connectivity index is 1.73. The third kappa shape index (κ3) is 1.90. The summed E-state index contributed by atoms with van der Waals surface area (Å²) in [5.41, 5.74) is 3.24. The molecule has 1 unspecified atom stereocenters. The van der Waals surface area contributed by atoms with Crippen molar-refractivity contribution in [3.63, 3.8) is 0 Å². The lowest BCUT2D eigenvalue weighted by Crippen LogP contribution is -2.41. The highest BCUT2D eigenvalue weighted by molar-refractivity contribution is 5.50. The maximum absolute atomic E-state index is 6.94. The molecule has 0 amide bonds. The minimum Gasteiger partial charge on any atom is -0.501 e. The summed E-state index contributed by atoms with van der Waals surface area (Å²) in [5.74, 6) is 1.83. The Morgan fingerprint density at radius 2 is 1.69 bits per heavy atom. The summed E-state index contributed by atoms with van der Waals surface area (Å²) >= 11 is 0. The lowest BCUT2D eigenvalue weighted by Gasteiger charge is -2.42. The third-order valence-electron chi connectivity index (χ3n) is 6.65. The molecule has 0 aromatic heterocycles. The topological polar surface area (TPSA) is 21.7 Å². The van der Waals surface area contributed by atoms with Crippen molar-refractivity contribution in [3.8, 4) is 0 Å². The van der Waals surface area contributed by atoms with Crippen LogP contribution in [0.5, 0.6) is 0 Å². The standard InChI is InChI=1S/C23H25NO2/c1-24(2)23-15-21-18(16-9-5-4-6-10-16)13-17(25-3)14-22(21,26-23)19-11-7-8-12-20(19)23/h4-12,14,18,21H,13,15H2,1-3H3/t18?,21-,22-,23+/m1/s1. The van der Waals surface area contributed by atoms with Crippen molar-refractivity contribution in [1.29, 1.82) is 0 Å². The Hall–Kier alpha value is -2.10. The van der Waals surface area contributed by atoms with Gasteiger partial charge in [-0.25, -0.2) is 0 Å². The molecule has 0 saturated carbocycles. The SMILES string of the molecule is COC1=C[C@]23O[C@@](N(C)C)(C[C@@H]2C(c2ccccc2)C1)c1ccccc13. The van der Waals surface area contributed by atoms with Crippen LogP contribution >= 0.6 is 0 Å². The average Bonchev–Trinajstić information content (AvgIpc) is 3.18. The highest BCUT2D eigenvalue weighted by Crippen LogP contribution is 2.67. The lowest BCUT2D eigenvalue weighted by atomic mass is 9.62. The van der Waals surface area contributed by atoms with Gasteiger partial charge in [0.15, 0.2) is 0 Å². The van der Waals surface area contributed by atoms with Gasteiger partial charge in [-0.15, -0.1) is 0 Å². The fourth-order valence-electron chi connectivity index (χ4n) is 5.45. The number of ether oxygens (including phenoxy) is 2. The van der Waals surface area contributed by atoms with Gasteiger partial charge < -0.3 is 9.47 Å². The van der Waals surface area contributed by atoms with Crippen LogP contribution in [0.3, 0.4) is 0 Å². The van der Waals surface area contributed by atoms with Crippen LogP contribution in [0.1, 0.15) is 35.4 Å². The zero-order chi connectivity index (χ0) is 17.9. The van der Waals surface area contributed by atoms with Crippen LogP contribution in [0.4, 0.5) is 0 Å². The zero-order valence-corrected chi connectivity index (χ0v) is 15.6. The second-order valence-electron chi connectivity index (χ2n) is 7.97. The van der Waals surface area contributed by atoms with Gasteiger partial charge in [-0.05, 0) is 37.2 Å². The fourth-order valence-corrected chi connectivity index (χ4v) is 5.45. The van der Waals surface area contributed by atoms with Gasteiger partial charge in [0.25, 0.3) is 0 Å². The van der Waals surface area contributed by atoms with Crippen molar-refractivity contribution in [2.75, 3.05) is 21.2 Å². The molecule has 2 aromatic carbocycles. The van der Waals surface area contributed by atoms with E-state index in [0.29, 0.717) is 11.8 Å². The number of hydrogen-bond acceptors (Lipinski definition) is 3. The van der Waals surface area contributed by atoms with Crippen molar-refractivity contribution in [2.24, 2.45) is 5.92 Å². The highest BCUT2D eigenvalue weighted by Gasteiger charge is 2.67. The van der Waals surface area contributed by atoms with Crippen molar-refractivity contribution in [1.82, 2.24) is 4.90 Å². The average molecular weight is 347 g/mol. The minimum absolute atomic E-state index is 0.353. The molecule has 4 atom stereocenters. The second-order valence-corrected chi connectivity index (χ2v) is 7.97. The fraction of sp³-hybridized carbons (Fsp3) is 0.391. The first kappa shape index (κ1) is 16.1. The molecular formula is C23H25NO2. The van der Waals surface area contributed by atoms with Gasteiger partial charge in [0.2, 0.25) is 0 Å². The summed E-state index contributed by atoms with van der Waals surface area (Å²) in [7, 11) is 6.04. The molecule has 2 heterocycles. The van der Waals surface area contributed by atoms with E-state index in [9.17, 15) is 0 Å². The number of benzene rings is 2. The van der Waals surface area contributed by atoms with E-state index in [1.165, 1.54) is 16.7 Å². The lowest BCUT2D eigenvalue weighted by molar-refractivity contribution is -0.146. The number of fused-ring (bicyclic) bond motifs is 3. The quantitative estimate of drug-likeness (QED) is 0.823. The van der Waals surface area contributed by atoms with Crippen LogP contribution in [0.25, 0.3) is 0 Å². The Morgan fingerprint density at radius 1 is 1.00 bits per heavy atom. The summed E-state index contributed by atoms with van der Waals surface area (Å²) in [4.78, 5) is 2.25. The molecule has 1 aliphatic carbocycles. The van der Waals surface area contributed by atoms with Crippen LogP contribution in [-0.4, -0.2) is 26.1 Å². The van der Waals surface area contributed by atoms with E-state index in [1.54, 1.807) is 7.11 Å². The molecule has 3 aliphatic rings. The second kappa shape index (κ2) is 5.45. The largest absolute Gasteiger partial charge is 0.501 e. The Kier molecular flexibility index (Phi) is 3.37. The molecule has 5 rings (SSSR count). The van der Waals surface area contributed by atoms with E-state index >= 15 is 0 Å². The Bertz CT molecular complexity index is 875. The number of hydrogen-bond donors (Lipinski definition) is 0. The van der Waals surface area contributed by atoms with E-state index in [1.807, 2.05) is 0 Å². The van der Waals surface area contributed by atoms with Gasteiger partial charge >= 0.3 is 0 Å². The highest BCUT2D eigenvalue weighted by atomic mass is 16.6. The molecular weight excluding hydrogens is 322 g/mol. The van der Waals surface area contributed by atoms with Crippen LogP contribution in [-0.2, 0) is 20.8 Å². The monoisotopic (exact) mass is 347 g/mol. The Labute approximate surface area is 155 Å². The van der Waals surface area contributed by atoms with Gasteiger partial charge in [0, 0.05) is 24.3 Å². The Morgan fingerprint density at radius 3 is 2.38 bits per heavy atom. The van der Waals surface area contributed by atoms with E-state index in [0.717, 1.165) is 18.6 Å². The summed E-state index contributed by atoms with van der Waals surface area (Å²) in [6.07, 6.45) is 4.19. The first-order valence-electron chi connectivity index (χ1n) is 9.39. The van der Waals surface area contributed by atoms with Gasteiger partial charge in [0.05, 0.1) is 12.9 Å². The van der Waals surface area contributed by atoms with Crippen LogP contribution in [0, 0.1) is 5.92 Å². The summed E-state index contributed by atoms with van der Waals surface area (Å²) in [5, 5.41) is 0. The van der Waals surface area contributed by atoms with Crippen LogP contribution in [0.15, 0.2) is 66.4 Å². The smallest absolute Gasteiger partial charge is 0.149 e. The molecule has 26 heavy (non-hydrogen) atoms. The maximum Gasteiger partial charge on any atom is 0.149 e. The van der Waals surface area contributed by atoms with E-state index in [4.69, 9.17) is 9.47 Å². The van der Waals surface area contributed by atoms with Gasteiger partial charge in [0.1, 0.15) is 11.3 Å². The molecule has 1 spiro atoms. The molecule has 3 heteroatoms. The minimum atomic E-state index is -0.398. The maximum atomic E-state index is 6.94. The molecule has 0 N–H and O–H groups in total. The summed E-state index contributed by atoms with van der Waals surface area (Å²) in [6, 6.07) is 19.6. The number of allylic oxidation sites excluding steroid dienone is 1. The van der Waals surface area contributed by atoms with Crippen molar-refractivity contribution < 1.29 is 9.47 Å². The predicted molar refractivity (Wildman–Crippen MR) is 102 cm³/mol. The third-order valence-corrected chi connectivity index (χ3v) is 6.65. The first-order valence-corrected chi connectivity index (χ1v) is 9.39. The molecule has 2 aliphatic heterocycles. The molecule has 1 fully saturated rings. The molecule has 2 bridgehead atoms. The van der Waals surface area contributed by atoms with Gasteiger partial charge in [-0.2, -0.15) is 0 Å². The molecule has 2 aromatic rings. The molecule has 1 saturated heterocycles. The predicted octanol–water partition coefficient (Wildman–Crippen LogP) is 4.36. The zero-order valence-electron chi connectivity index (χ0n) is 15.6. The summed E-state index contributed by atoms with van der Waals surface area (Å²) in [6.45, 7) is 0. The molecule has 3 nitrogen and oxygen atoms in total. The van der Waals surface area contributed by atoms with Crippen molar-refractivity contribution >= 4 is 0 Å². The normalized spacial score (nSPS) is 34.4. The first-order chi connectivity index (χ1) is 12.6. The van der Waals surface area contributed by atoms with E-state index in [-0.39, 0.29) is 5.72 Å². The number of methoxy groups -OCH3 is 1. The molecule has 0 radical (unpaired) electrons. The van der Waals surface area contributed by atoms with Gasteiger partial charge in [-0.3, -0.25) is 4.90 Å². The van der Waals surface area contributed by atoms with Crippen LogP contribution < -0.4 is 0 Å². The van der Waals surface area contributed by atoms with Crippen molar-refractivity contribution in [2.45, 2.75) is 30.1 Å². The van der Waals surface area contributed by atoms with Crippen molar-refractivity contribution in [3.05, 3.63) is 83.1 Å². The van der Waals surface area contributed by atoms with E-state index < -0.39 is 5.60 Å². The van der Waals surface area contributed by atoms with Gasteiger partial charge in [-0.1, -0.05) is 54.6 Å². The summed E-state index contributed by atoms with van der Waals surface area (Å²) < 4.78 is 12.7. The number of rotatable bonds is 3.